The number of hydrazine groups is 1. The lowest BCUT2D eigenvalue weighted by Gasteiger charge is -2.17. The van der Waals surface area contributed by atoms with Gasteiger partial charge in [0.15, 0.2) is 0 Å². The van der Waals surface area contributed by atoms with Crippen LogP contribution in [0, 0.1) is 0 Å². The Morgan fingerprint density at radius 1 is 1.44 bits per heavy atom. The summed E-state index contributed by atoms with van der Waals surface area (Å²) in [5.41, 5.74) is 2.87. The first-order valence-corrected chi connectivity index (χ1v) is 6.52. The average molecular weight is 230 g/mol. The second-order valence-corrected chi connectivity index (χ2v) is 4.48. The van der Waals surface area contributed by atoms with Crippen molar-refractivity contribution in [1.29, 1.82) is 0 Å². The van der Waals surface area contributed by atoms with Crippen LogP contribution in [0.25, 0.3) is 0 Å². The first kappa shape index (κ1) is 13.9. The molecule has 0 bridgehead atoms. The SMILES string of the molecule is CCCOCCC(CCC1CCCO1)NN. The molecule has 1 heterocycles. The zero-order valence-corrected chi connectivity index (χ0v) is 10.4. The number of nitrogens with two attached hydrogens (primary N) is 1. The van der Waals surface area contributed by atoms with E-state index in [9.17, 15) is 0 Å². The third-order valence-corrected chi connectivity index (χ3v) is 3.06. The second kappa shape index (κ2) is 8.93. The van der Waals surface area contributed by atoms with Crippen LogP contribution in [0.4, 0.5) is 0 Å². The molecule has 0 aromatic rings. The highest BCUT2D eigenvalue weighted by Gasteiger charge is 2.17. The monoisotopic (exact) mass is 230 g/mol. The van der Waals surface area contributed by atoms with Crippen LogP contribution in [0.5, 0.6) is 0 Å². The van der Waals surface area contributed by atoms with Gasteiger partial charge in [-0.2, -0.15) is 0 Å². The second-order valence-electron chi connectivity index (χ2n) is 4.48. The van der Waals surface area contributed by atoms with E-state index >= 15 is 0 Å². The van der Waals surface area contributed by atoms with Crippen molar-refractivity contribution in [3.05, 3.63) is 0 Å². The zero-order chi connectivity index (χ0) is 11.6. The summed E-state index contributed by atoms with van der Waals surface area (Å²) in [5, 5.41) is 0. The van der Waals surface area contributed by atoms with E-state index < -0.39 is 0 Å². The highest BCUT2D eigenvalue weighted by molar-refractivity contribution is 4.70. The van der Waals surface area contributed by atoms with Gasteiger partial charge in [-0.05, 0) is 38.5 Å². The van der Waals surface area contributed by atoms with E-state index in [1.54, 1.807) is 0 Å². The Kier molecular flexibility index (Phi) is 7.76. The lowest BCUT2D eigenvalue weighted by atomic mass is 10.0. The molecular formula is C12H26N2O2. The van der Waals surface area contributed by atoms with Crippen molar-refractivity contribution >= 4 is 0 Å². The van der Waals surface area contributed by atoms with Crippen molar-refractivity contribution in [2.24, 2.45) is 5.84 Å². The van der Waals surface area contributed by atoms with Crippen LogP contribution in [0.1, 0.15) is 45.4 Å². The summed E-state index contributed by atoms with van der Waals surface area (Å²) in [5.74, 6) is 5.53. The predicted molar refractivity (Wildman–Crippen MR) is 65.0 cm³/mol. The van der Waals surface area contributed by atoms with Crippen LogP contribution in [-0.4, -0.2) is 32.0 Å². The standard InChI is InChI=1S/C12H26N2O2/c1-2-8-15-10-7-11(14-13)5-6-12-4-3-9-16-12/h11-12,14H,2-10,13H2,1H3. The van der Waals surface area contributed by atoms with Gasteiger partial charge in [-0.1, -0.05) is 6.92 Å². The highest BCUT2D eigenvalue weighted by Crippen LogP contribution is 2.18. The minimum Gasteiger partial charge on any atom is -0.381 e. The molecular weight excluding hydrogens is 204 g/mol. The number of nitrogens with one attached hydrogen (secondary N) is 1. The molecule has 1 rings (SSSR count). The molecule has 1 saturated heterocycles. The van der Waals surface area contributed by atoms with Crippen LogP contribution in [0.3, 0.4) is 0 Å². The van der Waals surface area contributed by atoms with E-state index in [0.717, 1.165) is 45.5 Å². The maximum absolute atomic E-state index is 5.59. The Bertz CT molecular complexity index is 161. The van der Waals surface area contributed by atoms with Gasteiger partial charge < -0.3 is 9.47 Å². The largest absolute Gasteiger partial charge is 0.381 e. The van der Waals surface area contributed by atoms with Crippen molar-refractivity contribution in [2.75, 3.05) is 19.8 Å². The average Bonchev–Trinajstić information content (AvgIpc) is 2.81. The summed E-state index contributed by atoms with van der Waals surface area (Å²) in [6, 6.07) is 0.362. The van der Waals surface area contributed by atoms with Crippen LogP contribution in [0.2, 0.25) is 0 Å². The topological polar surface area (TPSA) is 56.5 Å². The Hall–Kier alpha value is -0.160. The fraction of sp³-hybridized carbons (Fsp3) is 1.00. The van der Waals surface area contributed by atoms with Gasteiger partial charge in [0.2, 0.25) is 0 Å². The molecule has 1 aliphatic rings. The third kappa shape index (κ3) is 5.80. The smallest absolute Gasteiger partial charge is 0.0576 e. The molecule has 1 fully saturated rings. The van der Waals surface area contributed by atoms with Crippen molar-refractivity contribution < 1.29 is 9.47 Å². The van der Waals surface area contributed by atoms with E-state index in [-0.39, 0.29) is 0 Å². The van der Waals surface area contributed by atoms with Gasteiger partial charge in [0, 0.05) is 25.9 Å². The number of hydrogen-bond acceptors (Lipinski definition) is 4. The third-order valence-electron chi connectivity index (χ3n) is 3.06. The Morgan fingerprint density at radius 3 is 2.94 bits per heavy atom. The molecule has 3 N–H and O–H groups in total. The van der Waals surface area contributed by atoms with Crippen LogP contribution in [-0.2, 0) is 9.47 Å². The molecule has 0 spiro atoms. The van der Waals surface area contributed by atoms with E-state index in [0.29, 0.717) is 12.1 Å². The van der Waals surface area contributed by atoms with Gasteiger partial charge in [-0.15, -0.1) is 0 Å². The van der Waals surface area contributed by atoms with Gasteiger partial charge in [0.25, 0.3) is 0 Å². The maximum Gasteiger partial charge on any atom is 0.0576 e. The zero-order valence-electron chi connectivity index (χ0n) is 10.4. The summed E-state index contributed by atoms with van der Waals surface area (Å²) < 4.78 is 11.1. The quantitative estimate of drug-likeness (QED) is 0.359. The van der Waals surface area contributed by atoms with Gasteiger partial charge in [0.1, 0.15) is 0 Å². The van der Waals surface area contributed by atoms with E-state index in [1.165, 1.54) is 12.8 Å². The molecule has 0 aromatic heterocycles. The predicted octanol–water partition coefficient (Wildman–Crippen LogP) is 1.59. The minimum atomic E-state index is 0.362. The minimum absolute atomic E-state index is 0.362. The van der Waals surface area contributed by atoms with Crippen LogP contribution < -0.4 is 11.3 Å². The number of ether oxygens (including phenoxy) is 2. The van der Waals surface area contributed by atoms with Gasteiger partial charge in [-0.3, -0.25) is 11.3 Å². The van der Waals surface area contributed by atoms with E-state index in [1.807, 2.05) is 0 Å². The fourth-order valence-electron chi connectivity index (χ4n) is 2.04. The van der Waals surface area contributed by atoms with Crippen LogP contribution >= 0.6 is 0 Å². The van der Waals surface area contributed by atoms with Gasteiger partial charge >= 0.3 is 0 Å². The summed E-state index contributed by atoms with van der Waals surface area (Å²) >= 11 is 0. The molecule has 4 nitrogen and oxygen atoms in total. The van der Waals surface area contributed by atoms with Gasteiger partial charge in [0.05, 0.1) is 6.10 Å². The van der Waals surface area contributed by atoms with E-state index in [4.69, 9.17) is 15.3 Å². The molecule has 16 heavy (non-hydrogen) atoms. The molecule has 2 unspecified atom stereocenters. The van der Waals surface area contributed by atoms with Crippen molar-refractivity contribution in [3.63, 3.8) is 0 Å². The maximum atomic E-state index is 5.59. The molecule has 0 aromatic carbocycles. The van der Waals surface area contributed by atoms with Gasteiger partial charge in [-0.25, -0.2) is 0 Å². The first-order valence-electron chi connectivity index (χ1n) is 6.52. The van der Waals surface area contributed by atoms with Crippen molar-refractivity contribution in [2.45, 2.75) is 57.6 Å². The lowest BCUT2D eigenvalue weighted by Crippen LogP contribution is -2.36. The molecule has 1 aliphatic heterocycles. The molecule has 2 atom stereocenters. The Labute approximate surface area is 98.8 Å². The molecule has 4 heteroatoms. The van der Waals surface area contributed by atoms with Crippen molar-refractivity contribution in [3.8, 4) is 0 Å². The molecule has 96 valence electrons. The fourth-order valence-corrected chi connectivity index (χ4v) is 2.04. The highest BCUT2D eigenvalue weighted by atomic mass is 16.5. The molecule has 0 saturated carbocycles. The number of hydrogen-bond donors (Lipinski definition) is 2. The van der Waals surface area contributed by atoms with Crippen LogP contribution in [0.15, 0.2) is 0 Å². The summed E-state index contributed by atoms with van der Waals surface area (Å²) in [4.78, 5) is 0. The molecule has 0 aliphatic carbocycles. The van der Waals surface area contributed by atoms with Crippen molar-refractivity contribution in [1.82, 2.24) is 5.43 Å². The molecule has 0 radical (unpaired) electrons. The Morgan fingerprint density at radius 2 is 2.31 bits per heavy atom. The normalized spacial score (nSPS) is 22.5. The summed E-state index contributed by atoms with van der Waals surface area (Å²) in [6.45, 7) is 4.71. The lowest BCUT2D eigenvalue weighted by molar-refractivity contribution is 0.0939. The first-order chi connectivity index (χ1) is 7.86. The molecule has 0 amide bonds. The summed E-state index contributed by atoms with van der Waals surface area (Å²) in [7, 11) is 0. The Balaban J connectivity index is 2.01. The van der Waals surface area contributed by atoms with E-state index in [2.05, 4.69) is 12.3 Å². The number of rotatable bonds is 9. The summed E-state index contributed by atoms with van der Waals surface area (Å²) in [6.07, 6.45) is 7.15.